The minimum Gasteiger partial charge on any atom is -0.356 e. The van der Waals surface area contributed by atoms with Crippen molar-refractivity contribution in [1.82, 2.24) is 25.3 Å². The molecule has 1 aliphatic rings. The Morgan fingerprint density at radius 2 is 2.08 bits per heavy atom. The molecule has 0 saturated carbocycles. The van der Waals surface area contributed by atoms with E-state index in [1.165, 1.54) is 0 Å². The first-order valence-electron chi connectivity index (χ1n) is 9.21. The van der Waals surface area contributed by atoms with Crippen LogP contribution in [0.1, 0.15) is 49.8 Å². The summed E-state index contributed by atoms with van der Waals surface area (Å²) in [6.07, 6.45) is 3.76. The Bertz CT molecular complexity index is 763. The van der Waals surface area contributed by atoms with Crippen LogP contribution >= 0.6 is 0 Å². The standard InChI is InChI=1S/C19H27N5O2/c1-12(2)21-18(25)11-24-7-5-15(6-8-24)19-16(10-20-14(4)22-19)17-9-13(3)23-26-17/h9-10,12,15H,5-8,11H2,1-4H3,(H,21,25). The van der Waals surface area contributed by atoms with Crippen LogP contribution in [0, 0.1) is 13.8 Å². The van der Waals surface area contributed by atoms with E-state index in [2.05, 4.69) is 20.4 Å². The molecule has 0 atom stereocenters. The number of carbonyl (C=O) groups excluding carboxylic acids is 1. The third kappa shape index (κ3) is 4.46. The molecule has 1 fully saturated rings. The molecule has 3 rings (SSSR count). The molecular weight excluding hydrogens is 330 g/mol. The molecule has 26 heavy (non-hydrogen) atoms. The highest BCUT2D eigenvalue weighted by molar-refractivity contribution is 5.78. The Labute approximate surface area is 154 Å². The Kier molecular flexibility index (Phi) is 5.66. The summed E-state index contributed by atoms with van der Waals surface area (Å²) in [7, 11) is 0. The summed E-state index contributed by atoms with van der Waals surface area (Å²) in [6, 6.07) is 2.10. The van der Waals surface area contributed by atoms with Gasteiger partial charge >= 0.3 is 0 Å². The van der Waals surface area contributed by atoms with Gasteiger partial charge in [-0.3, -0.25) is 9.69 Å². The van der Waals surface area contributed by atoms with Crippen LogP contribution in [0.4, 0.5) is 0 Å². The fraction of sp³-hybridized carbons (Fsp3) is 0.579. The van der Waals surface area contributed by atoms with E-state index in [1.807, 2.05) is 40.0 Å². The monoisotopic (exact) mass is 357 g/mol. The number of carbonyl (C=O) groups is 1. The Balaban J connectivity index is 1.69. The number of likely N-dealkylation sites (tertiary alicyclic amines) is 1. The minimum absolute atomic E-state index is 0.0918. The highest BCUT2D eigenvalue weighted by Crippen LogP contribution is 2.34. The molecule has 1 saturated heterocycles. The lowest BCUT2D eigenvalue weighted by molar-refractivity contribution is -0.123. The van der Waals surface area contributed by atoms with Crippen molar-refractivity contribution in [2.75, 3.05) is 19.6 Å². The summed E-state index contributed by atoms with van der Waals surface area (Å²) >= 11 is 0. The molecule has 7 heteroatoms. The highest BCUT2D eigenvalue weighted by Gasteiger charge is 2.26. The number of aromatic nitrogens is 3. The second-order valence-electron chi connectivity index (χ2n) is 7.32. The van der Waals surface area contributed by atoms with Gasteiger partial charge in [-0.05, 0) is 53.6 Å². The highest BCUT2D eigenvalue weighted by atomic mass is 16.5. The smallest absolute Gasteiger partial charge is 0.234 e. The van der Waals surface area contributed by atoms with Crippen molar-refractivity contribution in [3.63, 3.8) is 0 Å². The molecule has 0 spiro atoms. The zero-order valence-electron chi connectivity index (χ0n) is 16.0. The topological polar surface area (TPSA) is 84.2 Å². The molecule has 0 bridgehead atoms. The van der Waals surface area contributed by atoms with Gasteiger partial charge in [0.2, 0.25) is 5.91 Å². The van der Waals surface area contributed by atoms with Crippen molar-refractivity contribution in [2.45, 2.75) is 52.5 Å². The van der Waals surface area contributed by atoms with Crippen molar-refractivity contribution in [3.05, 3.63) is 29.5 Å². The van der Waals surface area contributed by atoms with Gasteiger partial charge < -0.3 is 9.84 Å². The van der Waals surface area contributed by atoms with Crippen molar-refractivity contribution >= 4 is 5.91 Å². The van der Waals surface area contributed by atoms with Crippen LogP contribution in [0.15, 0.2) is 16.8 Å². The second-order valence-corrected chi connectivity index (χ2v) is 7.32. The summed E-state index contributed by atoms with van der Waals surface area (Å²) in [5.74, 6) is 1.91. The van der Waals surface area contributed by atoms with Crippen molar-refractivity contribution in [3.8, 4) is 11.3 Å². The van der Waals surface area contributed by atoms with Crippen LogP contribution in [-0.2, 0) is 4.79 Å². The number of nitrogens with zero attached hydrogens (tertiary/aromatic N) is 4. The van der Waals surface area contributed by atoms with Gasteiger partial charge in [0, 0.05) is 24.2 Å². The molecule has 7 nitrogen and oxygen atoms in total. The first kappa shape index (κ1) is 18.5. The third-order valence-corrected chi connectivity index (χ3v) is 4.62. The Hall–Kier alpha value is -2.28. The van der Waals surface area contributed by atoms with Gasteiger partial charge in [-0.2, -0.15) is 0 Å². The maximum atomic E-state index is 12.0. The fourth-order valence-corrected chi connectivity index (χ4v) is 3.41. The van der Waals surface area contributed by atoms with E-state index < -0.39 is 0 Å². The first-order valence-corrected chi connectivity index (χ1v) is 9.21. The quantitative estimate of drug-likeness (QED) is 0.885. The van der Waals surface area contributed by atoms with E-state index in [9.17, 15) is 4.79 Å². The van der Waals surface area contributed by atoms with Gasteiger partial charge in [0.15, 0.2) is 5.76 Å². The molecule has 1 N–H and O–H groups in total. The van der Waals surface area contributed by atoms with Crippen LogP contribution < -0.4 is 5.32 Å². The summed E-state index contributed by atoms with van der Waals surface area (Å²) in [4.78, 5) is 23.2. The Morgan fingerprint density at radius 3 is 2.69 bits per heavy atom. The number of amides is 1. The predicted molar refractivity (Wildman–Crippen MR) is 98.7 cm³/mol. The number of nitrogens with one attached hydrogen (secondary N) is 1. The lowest BCUT2D eigenvalue weighted by atomic mass is 9.90. The van der Waals surface area contributed by atoms with E-state index in [-0.39, 0.29) is 11.9 Å². The number of hydrogen-bond donors (Lipinski definition) is 1. The van der Waals surface area contributed by atoms with E-state index >= 15 is 0 Å². The van der Waals surface area contributed by atoms with E-state index in [0.29, 0.717) is 12.5 Å². The lowest BCUT2D eigenvalue weighted by Gasteiger charge is -2.32. The van der Waals surface area contributed by atoms with Crippen LogP contribution in [0.2, 0.25) is 0 Å². The Morgan fingerprint density at radius 1 is 1.35 bits per heavy atom. The molecule has 0 aromatic carbocycles. The number of piperidine rings is 1. The third-order valence-electron chi connectivity index (χ3n) is 4.62. The van der Waals surface area contributed by atoms with Crippen LogP contribution in [-0.4, -0.2) is 51.6 Å². The number of rotatable bonds is 5. The molecule has 3 heterocycles. The van der Waals surface area contributed by atoms with E-state index in [1.54, 1.807) is 0 Å². The summed E-state index contributed by atoms with van der Waals surface area (Å²) in [5, 5.41) is 6.94. The molecule has 2 aromatic rings. The second kappa shape index (κ2) is 7.95. The molecular formula is C19H27N5O2. The van der Waals surface area contributed by atoms with E-state index in [4.69, 9.17) is 9.51 Å². The predicted octanol–water partition coefficient (Wildman–Crippen LogP) is 2.45. The molecule has 2 aromatic heterocycles. The van der Waals surface area contributed by atoms with Crippen LogP contribution in [0.5, 0.6) is 0 Å². The summed E-state index contributed by atoms with van der Waals surface area (Å²) < 4.78 is 5.44. The molecule has 1 aliphatic heterocycles. The van der Waals surface area contributed by atoms with E-state index in [0.717, 1.165) is 54.5 Å². The average molecular weight is 357 g/mol. The maximum absolute atomic E-state index is 12.0. The normalized spacial score (nSPS) is 16.2. The SMILES string of the molecule is Cc1cc(-c2cnc(C)nc2C2CCN(CC(=O)NC(C)C)CC2)on1. The van der Waals surface area contributed by atoms with Crippen molar-refractivity contribution in [1.29, 1.82) is 0 Å². The summed E-state index contributed by atoms with van der Waals surface area (Å²) in [5.41, 5.74) is 2.80. The van der Waals surface area contributed by atoms with Crippen LogP contribution in [0.3, 0.4) is 0 Å². The van der Waals surface area contributed by atoms with Gasteiger partial charge in [0.05, 0.1) is 23.5 Å². The molecule has 0 aliphatic carbocycles. The van der Waals surface area contributed by atoms with Gasteiger partial charge in [-0.25, -0.2) is 9.97 Å². The zero-order valence-corrected chi connectivity index (χ0v) is 16.0. The lowest BCUT2D eigenvalue weighted by Crippen LogP contribution is -2.43. The average Bonchev–Trinajstić information content (AvgIpc) is 3.01. The van der Waals surface area contributed by atoms with Gasteiger partial charge in [-0.1, -0.05) is 5.16 Å². The van der Waals surface area contributed by atoms with Gasteiger partial charge in [0.25, 0.3) is 0 Å². The molecule has 0 unspecified atom stereocenters. The molecule has 0 radical (unpaired) electrons. The largest absolute Gasteiger partial charge is 0.356 e. The molecule has 140 valence electrons. The van der Waals surface area contributed by atoms with Crippen molar-refractivity contribution < 1.29 is 9.32 Å². The summed E-state index contributed by atoms with van der Waals surface area (Å²) in [6.45, 7) is 10.00. The number of hydrogen-bond acceptors (Lipinski definition) is 6. The zero-order chi connectivity index (χ0) is 18.7. The fourth-order valence-electron chi connectivity index (χ4n) is 3.41. The van der Waals surface area contributed by atoms with Gasteiger partial charge in [0.1, 0.15) is 5.82 Å². The minimum atomic E-state index is 0.0918. The number of aryl methyl sites for hydroxylation is 2. The van der Waals surface area contributed by atoms with Crippen LogP contribution in [0.25, 0.3) is 11.3 Å². The first-order chi connectivity index (χ1) is 12.4. The maximum Gasteiger partial charge on any atom is 0.234 e. The van der Waals surface area contributed by atoms with Gasteiger partial charge in [-0.15, -0.1) is 0 Å². The molecule has 1 amide bonds. The van der Waals surface area contributed by atoms with Crippen molar-refractivity contribution in [2.24, 2.45) is 0 Å².